The fraction of sp³-hybridized carbons (Fsp3) is 0.375. The minimum atomic E-state index is -0.565. The standard InChI is InChI=1S/C16H20ClN3O2/c1-3-10(2)14(21)9-18-16(22)12-8-19-20-15(12)11-6-4-5-7-13(11)17/h4-8,10,14,21H,3,9H2,1-2H3,(H,18,22)(H,19,20). The molecule has 2 unspecified atom stereocenters. The monoisotopic (exact) mass is 321 g/mol. The summed E-state index contributed by atoms with van der Waals surface area (Å²) in [5, 5.41) is 20.0. The van der Waals surface area contributed by atoms with E-state index >= 15 is 0 Å². The molecule has 0 aliphatic carbocycles. The Bertz CT molecular complexity index is 642. The van der Waals surface area contributed by atoms with Crippen molar-refractivity contribution in [2.24, 2.45) is 5.92 Å². The second-order valence-corrected chi connectivity index (χ2v) is 5.71. The van der Waals surface area contributed by atoms with Crippen LogP contribution in [0.2, 0.25) is 5.02 Å². The number of halogens is 1. The molecule has 6 heteroatoms. The molecule has 1 aromatic carbocycles. The first kappa shape index (κ1) is 16.5. The van der Waals surface area contributed by atoms with Crippen LogP contribution in [-0.4, -0.2) is 33.9 Å². The van der Waals surface area contributed by atoms with Gasteiger partial charge in [0.25, 0.3) is 5.91 Å². The number of aliphatic hydroxyl groups excluding tert-OH is 1. The average molecular weight is 322 g/mol. The highest BCUT2D eigenvalue weighted by Crippen LogP contribution is 2.28. The maximum Gasteiger partial charge on any atom is 0.255 e. The van der Waals surface area contributed by atoms with Crippen LogP contribution < -0.4 is 5.32 Å². The fourth-order valence-corrected chi connectivity index (χ4v) is 2.32. The second-order valence-electron chi connectivity index (χ2n) is 5.30. The van der Waals surface area contributed by atoms with E-state index in [1.165, 1.54) is 6.20 Å². The molecular formula is C16H20ClN3O2. The maximum atomic E-state index is 12.3. The molecule has 1 heterocycles. The van der Waals surface area contributed by atoms with Gasteiger partial charge in [-0.1, -0.05) is 50.1 Å². The highest BCUT2D eigenvalue weighted by Gasteiger charge is 2.19. The van der Waals surface area contributed by atoms with Crippen LogP contribution in [0.1, 0.15) is 30.6 Å². The Balaban J connectivity index is 2.13. The largest absolute Gasteiger partial charge is 0.391 e. The zero-order chi connectivity index (χ0) is 16.1. The summed E-state index contributed by atoms with van der Waals surface area (Å²) in [4.78, 5) is 12.3. The minimum absolute atomic E-state index is 0.132. The van der Waals surface area contributed by atoms with E-state index < -0.39 is 6.10 Å². The molecule has 118 valence electrons. The van der Waals surface area contributed by atoms with Gasteiger partial charge in [-0.05, 0) is 12.0 Å². The summed E-state index contributed by atoms with van der Waals surface area (Å²) < 4.78 is 0. The summed E-state index contributed by atoms with van der Waals surface area (Å²) in [5.41, 5.74) is 1.69. The number of nitrogens with one attached hydrogen (secondary N) is 2. The number of amides is 1. The first-order valence-corrected chi connectivity index (χ1v) is 7.66. The van der Waals surface area contributed by atoms with Gasteiger partial charge in [-0.25, -0.2) is 0 Å². The third-order valence-electron chi connectivity index (χ3n) is 3.80. The summed E-state index contributed by atoms with van der Waals surface area (Å²) in [6.07, 6.45) is 1.75. The molecule has 0 bridgehead atoms. The van der Waals surface area contributed by atoms with Crippen molar-refractivity contribution >= 4 is 17.5 Å². The summed E-state index contributed by atoms with van der Waals surface area (Å²) in [7, 11) is 0. The average Bonchev–Trinajstić information content (AvgIpc) is 3.01. The van der Waals surface area contributed by atoms with Gasteiger partial charge in [-0.15, -0.1) is 0 Å². The molecule has 0 saturated heterocycles. The van der Waals surface area contributed by atoms with Crippen LogP contribution in [0, 0.1) is 5.92 Å². The molecule has 5 nitrogen and oxygen atoms in total. The first-order valence-electron chi connectivity index (χ1n) is 7.29. The van der Waals surface area contributed by atoms with E-state index in [4.69, 9.17) is 11.6 Å². The molecule has 0 radical (unpaired) electrons. The van der Waals surface area contributed by atoms with Crippen LogP contribution in [0.3, 0.4) is 0 Å². The van der Waals surface area contributed by atoms with Crippen LogP contribution in [0.4, 0.5) is 0 Å². The van der Waals surface area contributed by atoms with Crippen LogP contribution in [0.25, 0.3) is 11.3 Å². The molecule has 2 rings (SSSR count). The van der Waals surface area contributed by atoms with Crippen LogP contribution >= 0.6 is 11.6 Å². The molecule has 0 aliphatic heterocycles. The molecule has 2 aromatic rings. The molecule has 1 aromatic heterocycles. The van der Waals surface area contributed by atoms with Gasteiger partial charge in [0.05, 0.1) is 23.6 Å². The number of benzene rings is 1. The van der Waals surface area contributed by atoms with Gasteiger partial charge in [0.15, 0.2) is 0 Å². The second kappa shape index (κ2) is 7.42. The SMILES string of the molecule is CCC(C)C(O)CNC(=O)c1cn[nH]c1-c1ccccc1Cl. The summed E-state index contributed by atoms with van der Waals surface area (Å²) in [5.74, 6) is -0.154. The number of hydrogen-bond donors (Lipinski definition) is 3. The Labute approximate surface area is 134 Å². The van der Waals surface area contributed by atoms with Crippen LogP contribution in [0.15, 0.2) is 30.5 Å². The van der Waals surface area contributed by atoms with Crippen molar-refractivity contribution in [2.75, 3.05) is 6.54 Å². The van der Waals surface area contributed by atoms with Crippen LogP contribution in [0.5, 0.6) is 0 Å². The van der Waals surface area contributed by atoms with Gasteiger partial charge in [0.2, 0.25) is 0 Å². The lowest BCUT2D eigenvalue weighted by Crippen LogP contribution is -2.35. The first-order chi connectivity index (χ1) is 10.5. The van der Waals surface area contributed by atoms with Gasteiger partial charge < -0.3 is 10.4 Å². The highest BCUT2D eigenvalue weighted by atomic mass is 35.5. The quantitative estimate of drug-likeness (QED) is 0.765. The van der Waals surface area contributed by atoms with Gasteiger partial charge in [-0.3, -0.25) is 9.89 Å². The molecule has 3 N–H and O–H groups in total. The molecule has 0 fully saturated rings. The number of carbonyl (C=O) groups is 1. The van der Waals surface area contributed by atoms with Crippen molar-refractivity contribution in [3.05, 3.63) is 41.0 Å². The van der Waals surface area contributed by atoms with Gasteiger partial charge in [-0.2, -0.15) is 5.10 Å². The number of aromatic amines is 1. The van der Waals surface area contributed by atoms with Gasteiger partial charge in [0.1, 0.15) is 0 Å². The number of carbonyl (C=O) groups excluding carboxylic acids is 1. The zero-order valence-electron chi connectivity index (χ0n) is 12.6. The van der Waals surface area contributed by atoms with E-state index in [0.717, 1.165) is 6.42 Å². The summed E-state index contributed by atoms with van der Waals surface area (Å²) in [6, 6.07) is 7.24. The Morgan fingerprint density at radius 1 is 1.45 bits per heavy atom. The number of H-pyrrole nitrogens is 1. The van der Waals surface area contributed by atoms with Crippen molar-refractivity contribution in [2.45, 2.75) is 26.4 Å². The third kappa shape index (κ3) is 3.67. The maximum absolute atomic E-state index is 12.3. The van der Waals surface area contributed by atoms with E-state index in [1.54, 1.807) is 6.07 Å². The minimum Gasteiger partial charge on any atom is -0.391 e. The van der Waals surface area contributed by atoms with Crippen molar-refractivity contribution in [1.82, 2.24) is 15.5 Å². The van der Waals surface area contributed by atoms with Crippen molar-refractivity contribution in [1.29, 1.82) is 0 Å². The molecule has 22 heavy (non-hydrogen) atoms. The number of nitrogens with zero attached hydrogens (tertiary/aromatic N) is 1. The van der Waals surface area contributed by atoms with E-state index in [1.807, 2.05) is 32.0 Å². The lowest BCUT2D eigenvalue weighted by atomic mass is 10.0. The number of hydrogen-bond acceptors (Lipinski definition) is 3. The Morgan fingerprint density at radius 2 is 2.18 bits per heavy atom. The smallest absolute Gasteiger partial charge is 0.255 e. The van der Waals surface area contributed by atoms with Crippen molar-refractivity contribution in [3.63, 3.8) is 0 Å². The van der Waals surface area contributed by atoms with Crippen LogP contribution in [-0.2, 0) is 0 Å². The molecule has 0 saturated carbocycles. The normalized spacial score (nSPS) is 13.6. The van der Waals surface area contributed by atoms with Gasteiger partial charge >= 0.3 is 0 Å². The highest BCUT2D eigenvalue weighted by molar-refractivity contribution is 6.33. The predicted octanol–water partition coefficient (Wildman–Crippen LogP) is 2.87. The number of rotatable bonds is 6. The number of aromatic nitrogens is 2. The lowest BCUT2D eigenvalue weighted by molar-refractivity contribution is 0.0851. The topological polar surface area (TPSA) is 78.0 Å². The lowest BCUT2D eigenvalue weighted by Gasteiger charge is -2.17. The predicted molar refractivity (Wildman–Crippen MR) is 86.8 cm³/mol. The molecular weight excluding hydrogens is 302 g/mol. The van der Waals surface area contributed by atoms with E-state index in [9.17, 15) is 9.90 Å². The Hall–Kier alpha value is -1.85. The fourth-order valence-electron chi connectivity index (χ4n) is 2.09. The van der Waals surface area contributed by atoms with E-state index in [0.29, 0.717) is 21.8 Å². The molecule has 1 amide bonds. The summed E-state index contributed by atoms with van der Waals surface area (Å²) >= 11 is 6.16. The van der Waals surface area contributed by atoms with Crippen molar-refractivity contribution in [3.8, 4) is 11.3 Å². The van der Waals surface area contributed by atoms with E-state index in [-0.39, 0.29) is 18.4 Å². The van der Waals surface area contributed by atoms with Gasteiger partial charge in [0, 0.05) is 17.1 Å². The molecule has 0 aliphatic rings. The van der Waals surface area contributed by atoms with Crippen molar-refractivity contribution < 1.29 is 9.90 Å². The summed E-state index contributed by atoms with van der Waals surface area (Å²) in [6.45, 7) is 4.16. The van der Waals surface area contributed by atoms with E-state index in [2.05, 4.69) is 15.5 Å². The molecule has 2 atom stereocenters. The zero-order valence-corrected chi connectivity index (χ0v) is 13.4. The molecule has 0 spiro atoms. The third-order valence-corrected chi connectivity index (χ3v) is 4.13. The Morgan fingerprint density at radius 3 is 2.86 bits per heavy atom. The number of aliphatic hydroxyl groups is 1. The Kier molecular flexibility index (Phi) is 5.57.